The molecule has 0 saturated heterocycles. The highest BCUT2D eigenvalue weighted by Gasteiger charge is 2.10. The van der Waals surface area contributed by atoms with Crippen LogP contribution in [0.5, 0.6) is 0 Å². The van der Waals surface area contributed by atoms with Crippen LogP contribution in [0, 0.1) is 0 Å². The van der Waals surface area contributed by atoms with Gasteiger partial charge in [0.05, 0.1) is 11.1 Å². The summed E-state index contributed by atoms with van der Waals surface area (Å²) in [5.74, 6) is 1.11. The zero-order chi connectivity index (χ0) is 9.40. The Morgan fingerprint density at radius 3 is 2.50 bits per heavy atom. The molecule has 0 aliphatic carbocycles. The Kier molecular flexibility index (Phi) is 7.61. The normalized spacial score (nSPS) is 14.8. The van der Waals surface area contributed by atoms with Gasteiger partial charge in [-0.1, -0.05) is 13.8 Å². The lowest BCUT2D eigenvalue weighted by molar-refractivity contribution is 0.683. The first kappa shape index (κ1) is 12.0. The summed E-state index contributed by atoms with van der Waals surface area (Å²) >= 11 is 1.85. The van der Waals surface area contributed by atoms with E-state index in [1.807, 2.05) is 18.8 Å². The number of hydrogen-bond donors (Lipinski definition) is 1. The van der Waals surface area contributed by atoms with Gasteiger partial charge in [0.2, 0.25) is 0 Å². The first-order chi connectivity index (χ1) is 5.79. The smallest absolute Gasteiger partial charge is 0.0845 e. The third-order valence-electron chi connectivity index (χ3n) is 1.66. The molecule has 1 unspecified atom stereocenters. The van der Waals surface area contributed by atoms with Crippen LogP contribution in [0.3, 0.4) is 0 Å². The molecule has 0 amide bonds. The van der Waals surface area contributed by atoms with E-state index in [9.17, 15) is 0 Å². The van der Waals surface area contributed by atoms with E-state index < -0.39 is 0 Å². The second kappa shape index (κ2) is 7.62. The van der Waals surface area contributed by atoms with Crippen LogP contribution in [0.4, 0.5) is 0 Å². The molecule has 0 spiro atoms. The molecule has 0 heterocycles. The third kappa shape index (κ3) is 4.12. The average Bonchev–Trinajstić information content (AvgIpc) is 2.07. The van der Waals surface area contributed by atoms with Gasteiger partial charge in [0.25, 0.3) is 0 Å². The van der Waals surface area contributed by atoms with Gasteiger partial charge in [0, 0.05) is 7.97 Å². The zero-order valence-corrected chi connectivity index (χ0v) is 9.37. The summed E-state index contributed by atoms with van der Waals surface area (Å²) in [7, 11) is 2.00. The summed E-state index contributed by atoms with van der Waals surface area (Å²) in [5.41, 5.74) is 0. The van der Waals surface area contributed by atoms with Crippen LogP contribution in [0.2, 0.25) is 0 Å². The molecule has 0 aromatic heterocycles. The summed E-state index contributed by atoms with van der Waals surface area (Å²) in [4.78, 5) is 4.47. The van der Waals surface area contributed by atoms with Crippen molar-refractivity contribution < 1.29 is 1.43 Å². The van der Waals surface area contributed by atoms with Gasteiger partial charge in [0.15, 0.2) is 0 Å². The molecule has 1 N–H and O–H groups in total. The maximum Gasteiger partial charge on any atom is 0.0845 e. The molecular weight excluding hydrogens is 168 g/mol. The molecule has 3 heteroatoms. The average molecular weight is 190 g/mol. The fourth-order valence-corrected chi connectivity index (χ4v) is 2.06. The predicted octanol–water partition coefficient (Wildman–Crippen LogP) is 2.40. The van der Waals surface area contributed by atoms with Crippen LogP contribution in [0.15, 0.2) is 4.99 Å². The fourth-order valence-electron chi connectivity index (χ4n) is 1.06. The molecule has 0 radical (unpaired) electrons. The predicted molar refractivity (Wildman–Crippen MR) is 61.4 cm³/mol. The van der Waals surface area contributed by atoms with Gasteiger partial charge in [-0.15, -0.1) is 11.8 Å². The third-order valence-corrected chi connectivity index (χ3v) is 2.66. The van der Waals surface area contributed by atoms with Gasteiger partial charge < -0.3 is 5.32 Å². The molecule has 0 rings (SSSR count). The maximum absolute atomic E-state index is 4.47. The van der Waals surface area contributed by atoms with Crippen molar-refractivity contribution in [2.45, 2.75) is 33.2 Å². The lowest BCUT2D eigenvalue weighted by Crippen LogP contribution is -2.31. The van der Waals surface area contributed by atoms with E-state index in [1.54, 1.807) is 0 Å². The van der Waals surface area contributed by atoms with Crippen LogP contribution < -0.4 is 5.32 Å². The summed E-state index contributed by atoms with van der Waals surface area (Å²) in [6, 6.07) is 0.454. The molecular formula is C9H22N2S. The Labute approximate surface area is 81.7 Å². The van der Waals surface area contributed by atoms with Crippen molar-refractivity contribution in [3.8, 4) is 0 Å². The van der Waals surface area contributed by atoms with Crippen LogP contribution in [0.25, 0.3) is 0 Å². The number of aliphatic imine (C=N–C) groups is 1. The van der Waals surface area contributed by atoms with Crippen molar-refractivity contribution in [2.24, 2.45) is 4.99 Å². The number of hydrogen-bond acceptors (Lipinski definition) is 3. The second-order valence-electron chi connectivity index (χ2n) is 2.50. The Hall–Kier alpha value is -0.0200. The standard InChI is InChI=1S/C9H20N2S.H2/c1-5-8(10-4)9(11-6-2)12-7-3;/h8,10H,5-7H2,1-4H3;1H. The molecule has 2 nitrogen and oxygen atoms in total. The van der Waals surface area contributed by atoms with E-state index in [0.29, 0.717) is 6.04 Å². The Morgan fingerprint density at radius 1 is 1.50 bits per heavy atom. The van der Waals surface area contributed by atoms with E-state index in [1.165, 1.54) is 5.04 Å². The van der Waals surface area contributed by atoms with Gasteiger partial charge in [0.1, 0.15) is 0 Å². The van der Waals surface area contributed by atoms with Gasteiger partial charge in [-0.2, -0.15) is 0 Å². The van der Waals surface area contributed by atoms with Crippen molar-refractivity contribution in [2.75, 3.05) is 19.3 Å². The first-order valence-electron chi connectivity index (χ1n) is 4.64. The topological polar surface area (TPSA) is 24.4 Å². The van der Waals surface area contributed by atoms with Crippen molar-refractivity contribution >= 4 is 16.8 Å². The van der Waals surface area contributed by atoms with Crippen molar-refractivity contribution in [3.05, 3.63) is 0 Å². The molecule has 0 bridgehead atoms. The number of nitrogens with zero attached hydrogens (tertiary/aromatic N) is 1. The molecule has 0 aliphatic heterocycles. The van der Waals surface area contributed by atoms with E-state index in [4.69, 9.17) is 0 Å². The van der Waals surface area contributed by atoms with Crippen LogP contribution in [0.1, 0.15) is 28.6 Å². The SMILES string of the molecule is CCN=C(SCC)C(CC)NC.[HH]. The summed E-state index contributed by atoms with van der Waals surface area (Å²) in [6.45, 7) is 7.32. The highest BCUT2D eigenvalue weighted by Crippen LogP contribution is 2.09. The Morgan fingerprint density at radius 2 is 2.17 bits per heavy atom. The maximum atomic E-state index is 4.47. The van der Waals surface area contributed by atoms with Crippen molar-refractivity contribution in [1.29, 1.82) is 0 Å². The lowest BCUT2D eigenvalue weighted by atomic mass is 10.2. The highest BCUT2D eigenvalue weighted by atomic mass is 32.2. The van der Waals surface area contributed by atoms with Crippen LogP contribution in [-0.4, -0.2) is 30.4 Å². The molecule has 0 aromatic rings. The van der Waals surface area contributed by atoms with E-state index in [0.717, 1.165) is 18.7 Å². The minimum absolute atomic E-state index is 0. The molecule has 1 atom stereocenters. The number of nitrogens with one attached hydrogen (secondary N) is 1. The van der Waals surface area contributed by atoms with Gasteiger partial charge in [-0.05, 0) is 26.1 Å². The molecule has 0 saturated carbocycles. The highest BCUT2D eigenvalue weighted by molar-refractivity contribution is 8.14. The fraction of sp³-hybridized carbons (Fsp3) is 0.889. The van der Waals surface area contributed by atoms with Crippen molar-refractivity contribution in [3.63, 3.8) is 0 Å². The number of thioether (sulfide) groups is 1. The summed E-state index contributed by atoms with van der Waals surface area (Å²) in [6.07, 6.45) is 1.11. The quantitative estimate of drug-likeness (QED) is 0.532. The van der Waals surface area contributed by atoms with Crippen LogP contribution in [-0.2, 0) is 0 Å². The second-order valence-corrected chi connectivity index (χ2v) is 3.78. The first-order valence-corrected chi connectivity index (χ1v) is 5.63. The molecule has 74 valence electrons. The van der Waals surface area contributed by atoms with Crippen LogP contribution >= 0.6 is 11.8 Å². The van der Waals surface area contributed by atoms with E-state index >= 15 is 0 Å². The van der Waals surface area contributed by atoms with Gasteiger partial charge >= 0.3 is 0 Å². The lowest BCUT2D eigenvalue weighted by Gasteiger charge is -2.15. The summed E-state index contributed by atoms with van der Waals surface area (Å²) < 4.78 is 0. The Balaban J connectivity index is 0. The molecule has 12 heavy (non-hydrogen) atoms. The minimum atomic E-state index is 0. The van der Waals surface area contributed by atoms with Gasteiger partial charge in [-0.3, -0.25) is 4.99 Å². The molecule has 0 aliphatic rings. The largest absolute Gasteiger partial charge is 0.311 e. The monoisotopic (exact) mass is 190 g/mol. The molecule has 0 fully saturated rings. The zero-order valence-electron chi connectivity index (χ0n) is 8.55. The number of rotatable bonds is 5. The van der Waals surface area contributed by atoms with E-state index in [-0.39, 0.29) is 1.43 Å². The van der Waals surface area contributed by atoms with Crippen molar-refractivity contribution in [1.82, 2.24) is 5.32 Å². The summed E-state index contributed by atoms with van der Waals surface area (Å²) in [5, 5.41) is 4.52. The molecule has 0 aromatic carbocycles. The van der Waals surface area contributed by atoms with E-state index in [2.05, 4.69) is 31.1 Å². The van der Waals surface area contributed by atoms with Gasteiger partial charge in [-0.25, -0.2) is 0 Å². The Bertz CT molecular complexity index is 136. The minimum Gasteiger partial charge on any atom is -0.311 e.